The summed E-state index contributed by atoms with van der Waals surface area (Å²) in [6.07, 6.45) is 5.43. The molecule has 0 bridgehead atoms. The van der Waals surface area contributed by atoms with Crippen molar-refractivity contribution >= 4 is 17.3 Å². The van der Waals surface area contributed by atoms with Crippen LogP contribution in [0.1, 0.15) is 29.3 Å². The summed E-state index contributed by atoms with van der Waals surface area (Å²) >= 11 is 1.78. The minimum Gasteiger partial charge on any atom is -0.357 e. The zero-order chi connectivity index (χ0) is 18.9. The maximum absolute atomic E-state index is 4.69. The van der Waals surface area contributed by atoms with Crippen LogP contribution in [0.2, 0.25) is 0 Å². The minimum atomic E-state index is 0.592. The number of aromatic amines is 1. The predicted octanol–water partition coefficient (Wildman–Crippen LogP) is 2.79. The van der Waals surface area contributed by atoms with Gasteiger partial charge in [0.05, 0.1) is 11.6 Å². The van der Waals surface area contributed by atoms with Crippen molar-refractivity contribution in [3.05, 3.63) is 52.2 Å². The third kappa shape index (κ3) is 5.62. The number of benzene rings is 1. The maximum atomic E-state index is 4.69. The quantitative estimate of drug-likeness (QED) is 0.411. The number of aryl methyl sites for hydroxylation is 1. The Kier molecular flexibility index (Phi) is 6.92. The van der Waals surface area contributed by atoms with Crippen molar-refractivity contribution in [2.24, 2.45) is 4.99 Å². The molecule has 3 rings (SSSR count). The molecule has 27 heavy (non-hydrogen) atoms. The molecule has 0 unspecified atom stereocenters. The fraction of sp³-hybridized carbons (Fsp3) is 0.368. The summed E-state index contributed by atoms with van der Waals surface area (Å²) in [7, 11) is 0. The number of rotatable bonds is 8. The van der Waals surface area contributed by atoms with Crippen molar-refractivity contribution in [2.75, 3.05) is 13.1 Å². The Morgan fingerprint density at radius 3 is 2.89 bits per heavy atom. The lowest BCUT2D eigenvalue weighted by Crippen LogP contribution is -2.38. The first kappa shape index (κ1) is 19.0. The zero-order valence-corrected chi connectivity index (χ0v) is 16.5. The zero-order valence-electron chi connectivity index (χ0n) is 15.7. The minimum absolute atomic E-state index is 0.592. The van der Waals surface area contributed by atoms with Gasteiger partial charge in [0.25, 0.3) is 0 Å². The number of aliphatic imine (C=N–C) groups is 1. The van der Waals surface area contributed by atoms with Crippen molar-refractivity contribution in [3.63, 3.8) is 0 Å². The van der Waals surface area contributed by atoms with E-state index in [1.807, 2.05) is 18.3 Å². The maximum Gasteiger partial charge on any atom is 0.191 e. The summed E-state index contributed by atoms with van der Waals surface area (Å²) < 4.78 is 0. The highest BCUT2D eigenvalue weighted by molar-refractivity contribution is 7.11. The van der Waals surface area contributed by atoms with Crippen LogP contribution in [0.15, 0.2) is 41.8 Å². The molecule has 8 heteroatoms. The monoisotopic (exact) mass is 383 g/mol. The highest BCUT2D eigenvalue weighted by Gasteiger charge is 2.04. The van der Waals surface area contributed by atoms with Gasteiger partial charge in [-0.15, -0.1) is 11.3 Å². The lowest BCUT2D eigenvalue weighted by atomic mass is 10.1. The molecule has 0 spiro atoms. The van der Waals surface area contributed by atoms with E-state index in [2.05, 4.69) is 61.8 Å². The molecule has 0 aliphatic carbocycles. The van der Waals surface area contributed by atoms with E-state index in [-0.39, 0.29) is 0 Å². The molecule has 2 aromatic heterocycles. The Morgan fingerprint density at radius 2 is 2.15 bits per heavy atom. The van der Waals surface area contributed by atoms with Gasteiger partial charge in [-0.05, 0) is 25.0 Å². The van der Waals surface area contributed by atoms with Crippen LogP contribution < -0.4 is 10.6 Å². The SMILES string of the molecule is CCNC(=NCc1cccc(-c2ncn[nH]2)c1)NCCc1ncc(CC)s1. The van der Waals surface area contributed by atoms with Gasteiger partial charge >= 0.3 is 0 Å². The molecule has 0 saturated heterocycles. The van der Waals surface area contributed by atoms with E-state index < -0.39 is 0 Å². The normalized spacial score (nSPS) is 11.6. The van der Waals surface area contributed by atoms with Crippen LogP contribution in [0.5, 0.6) is 0 Å². The van der Waals surface area contributed by atoms with Crippen LogP contribution in [0.25, 0.3) is 11.4 Å². The molecule has 0 amide bonds. The summed E-state index contributed by atoms with van der Waals surface area (Å²) in [5.74, 6) is 1.58. The first-order chi connectivity index (χ1) is 13.3. The van der Waals surface area contributed by atoms with Crippen LogP contribution in [-0.2, 0) is 19.4 Å². The highest BCUT2D eigenvalue weighted by atomic mass is 32.1. The van der Waals surface area contributed by atoms with Gasteiger partial charge in [0.1, 0.15) is 6.33 Å². The van der Waals surface area contributed by atoms with Crippen LogP contribution in [-0.4, -0.2) is 39.2 Å². The second-order valence-corrected chi connectivity index (χ2v) is 7.18. The van der Waals surface area contributed by atoms with Gasteiger partial charge in [-0.3, -0.25) is 5.10 Å². The third-order valence-corrected chi connectivity index (χ3v) is 5.16. The number of guanidine groups is 1. The molecular weight excluding hydrogens is 358 g/mol. The van der Waals surface area contributed by atoms with Crippen LogP contribution in [0, 0.1) is 0 Å². The topological polar surface area (TPSA) is 90.9 Å². The molecule has 3 aromatic rings. The van der Waals surface area contributed by atoms with Crippen molar-refractivity contribution in [1.29, 1.82) is 0 Å². The second-order valence-electron chi connectivity index (χ2n) is 5.98. The van der Waals surface area contributed by atoms with Crippen molar-refractivity contribution in [3.8, 4) is 11.4 Å². The standard InChI is InChI=1S/C19H25N7S/c1-3-16-12-22-17(27-16)8-9-21-19(20-4-2)23-11-14-6-5-7-15(10-14)18-24-13-25-26-18/h5-7,10,12-13H,3-4,8-9,11H2,1-2H3,(H2,20,21,23)(H,24,25,26). The van der Waals surface area contributed by atoms with Crippen molar-refractivity contribution < 1.29 is 0 Å². The Bertz CT molecular complexity index is 855. The van der Waals surface area contributed by atoms with E-state index in [4.69, 9.17) is 0 Å². The number of aromatic nitrogens is 4. The Hall–Kier alpha value is -2.74. The van der Waals surface area contributed by atoms with Gasteiger partial charge in [0.2, 0.25) is 0 Å². The average molecular weight is 384 g/mol. The highest BCUT2D eigenvalue weighted by Crippen LogP contribution is 2.16. The fourth-order valence-electron chi connectivity index (χ4n) is 2.59. The summed E-state index contributed by atoms with van der Waals surface area (Å²) in [4.78, 5) is 14.7. The predicted molar refractivity (Wildman–Crippen MR) is 110 cm³/mol. The molecule has 0 radical (unpaired) electrons. The molecule has 0 saturated carbocycles. The molecule has 0 atom stereocenters. The summed E-state index contributed by atoms with van der Waals surface area (Å²) in [5.41, 5.74) is 2.13. The smallest absolute Gasteiger partial charge is 0.191 e. The van der Waals surface area contributed by atoms with E-state index >= 15 is 0 Å². The summed E-state index contributed by atoms with van der Waals surface area (Å²) in [6.45, 7) is 6.44. The number of H-pyrrole nitrogens is 1. The number of hydrogen-bond acceptors (Lipinski definition) is 5. The average Bonchev–Trinajstić information content (AvgIpc) is 3.38. The lowest BCUT2D eigenvalue weighted by Gasteiger charge is -2.10. The van der Waals surface area contributed by atoms with Gasteiger partial charge in [-0.25, -0.2) is 15.0 Å². The van der Waals surface area contributed by atoms with Gasteiger partial charge in [-0.1, -0.05) is 25.1 Å². The summed E-state index contributed by atoms with van der Waals surface area (Å²) in [6, 6.07) is 8.16. The molecule has 3 N–H and O–H groups in total. The van der Waals surface area contributed by atoms with Gasteiger partial charge in [-0.2, -0.15) is 5.10 Å². The molecule has 0 aliphatic rings. The van der Waals surface area contributed by atoms with Crippen molar-refractivity contribution in [1.82, 2.24) is 30.8 Å². The third-order valence-electron chi connectivity index (χ3n) is 3.96. The van der Waals surface area contributed by atoms with Gasteiger partial charge < -0.3 is 10.6 Å². The number of nitrogens with one attached hydrogen (secondary N) is 3. The first-order valence-electron chi connectivity index (χ1n) is 9.19. The number of hydrogen-bond donors (Lipinski definition) is 3. The molecule has 0 aliphatic heterocycles. The van der Waals surface area contributed by atoms with Crippen LogP contribution >= 0.6 is 11.3 Å². The second kappa shape index (κ2) is 9.82. The largest absolute Gasteiger partial charge is 0.357 e. The molecule has 7 nitrogen and oxygen atoms in total. The first-order valence-corrected chi connectivity index (χ1v) is 10.0. The summed E-state index contributed by atoms with van der Waals surface area (Å²) in [5, 5.41) is 14.6. The van der Waals surface area contributed by atoms with Crippen molar-refractivity contribution in [2.45, 2.75) is 33.2 Å². The van der Waals surface area contributed by atoms with Crippen LogP contribution in [0.3, 0.4) is 0 Å². The Morgan fingerprint density at radius 1 is 1.22 bits per heavy atom. The van der Waals surface area contributed by atoms with E-state index in [0.29, 0.717) is 6.54 Å². The molecule has 1 aromatic carbocycles. The lowest BCUT2D eigenvalue weighted by molar-refractivity contribution is 0.796. The van der Waals surface area contributed by atoms with E-state index in [1.54, 1.807) is 11.3 Å². The Labute approximate surface area is 163 Å². The molecular formula is C19H25N7S. The Balaban J connectivity index is 1.57. The van der Waals surface area contributed by atoms with Gasteiger partial charge in [0.15, 0.2) is 11.8 Å². The number of nitrogens with zero attached hydrogens (tertiary/aromatic N) is 4. The van der Waals surface area contributed by atoms with E-state index in [9.17, 15) is 0 Å². The molecule has 0 fully saturated rings. The molecule has 142 valence electrons. The van der Waals surface area contributed by atoms with Crippen LogP contribution in [0.4, 0.5) is 0 Å². The molecule has 2 heterocycles. The number of thiazole rings is 1. The fourth-order valence-corrected chi connectivity index (χ4v) is 3.45. The van der Waals surface area contributed by atoms with Gasteiger partial charge in [0, 0.05) is 36.1 Å². The van der Waals surface area contributed by atoms with E-state index in [0.717, 1.165) is 53.8 Å². The van der Waals surface area contributed by atoms with E-state index in [1.165, 1.54) is 11.2 Å².